The summed E-state index contributed by atoms with van der Waals surface area (Å²) < 4.78 is 5.46. The normalized spacial score (nSPS) is 13.2. The number of hydrogen-bond donors (Lipinski definition) is 2. The summed E-state index contributed by atoms with van der Waals surface area (Å²) in [7, 11) is 0. The summed E-state index contributed by atoms with van der Waals surface area (Å²) in [6, 6.07) is -0.834. The molecule has 0 fully saturated rings. The first-order chi connectivity index (χ1) is 14.5. The van der Waals surface area contributed by atoms with E-state index in [1.807, 2.05) is 0 Å². The Hall–Kier alpha value is -1.10. The van der Waals surface area contributed by atoms with Gasteiger partial charge in [0.15, 0.2) is 0 Å². The van der Waals surface area contributed by atoms with Crippen LogP contribution in [0.15, 0.2) is 0 Å². The Morgan fingerprint density at radius 1 is 0.733 bits per heavy atom. The third kappa shape index (κ3) is 18.9. The fourth-order valence-electron chi connectivity index (χ4n) is 3.80. The largest absolute Gasteiger partial charge is 0.481 e. The van der Waals surface area contributed by atoms with E-state index in [-0.39, 0.29) is 12.8 Å². The molecule has 0 aliphatic carbocycles. The summed E-state index contributed by atoms with van der Waals surface area (Å²) in [4.78, 5) is 22.7. The number of hydrogen-bond acceptors (Lipinski definition) is 4. The number of aliphatic carboxylic acids is 1. The maximum atomic E-state index is 12.1. The van der Waals surface area contributed by atoms with Crippen LogP contribution in [0.4, 0.5) is 0 Å². The summed E-state index contributed by atoms with van der Waals surface area (Å²) in [5.41, 5.74) is 5.77. The van der Waals surface area contributed by atoms with Crippen molar-refractivity contribution in [2.24, 2.45) is 11.7 Å². The monoisotopic (exact) mass is 427 g/mol. The molecular formula is C25H49NO4. The van der Waals surface area contributed by atoms with Crippen LogP contribution in [-0.4, -0.2) is 29.7 Å². The molecule has 0 rings (SSSR count). The molecule has 0 amide bonds. The van der Waals surface area contributed by atoms with Gasteiger partial charge in [0, 0.05) is 6.42 Å². The molecule has 178 valence electrons. The van der Waals surface area contributed by atoms with Gasteiger partial charge in [-0.3, -0.25) is 9.59 Å². The average Bonchev–Trinajstić information content (AvgIpc) is 2.73. The van der Waals surface area contributed by atoms with E-state index in [4.69, 9.17) is 15.6 Å². The lowest BCUT2D eigenvalue weighted by Crippen LogP contribution is -2.34. The van der Waals surface area contributed by atoms with E-state index in [1.54, 1.807) is 0 Å². The maximum Gasteiger partial charge on any atom is 0.322 e. The fourth-order valence-corrected chi connectivity index (χ4v) is 3.80. The number of rotatable bonds is 22. The minimum atomic E-state index is -0.936. The van der Waals surface area contributed by atoms with Crippen LogP contribution in [0.5, 0.6) is 0 Å². The zero-order chi connectivity index (χ0) is 22.5. The van der Waals surface area contributed by atoms with Gasteiger partial charge in [-0.05, 0) is 25.2 Å². The van der Waals surface area contributed by atoms with E-state index >= 15 is 0 Å². The van der Waals surface area contributed by atoms with E-state index in [1.165, 1.54) is 89.9 Å². The number of carbonyl (C=O) groups is 2. The molecule has 2 unspecified atom stereocenters. The highest BCUT2D eigenvalue weighted by atomic mass is 16.5. The van der Waals surface area contributed by atoms with Gasteiger partial charge in [0.2, 0.25) is 0 Å². The zero-order valence-electron chi connectivity index (χ0n) is 19.8. The second kappa shape index (κ2) is 21.1. The Balaban J connectivity index is 4.16. The molecule has 0 radical (unpaired) electrons. The van der Waals surface area contributed by atoms with Crippen molar-refractivity contribution in [3.8, 4) is 0 Å². The predicted octanol–water partition coefficient (Wildman–Crippen LogP) is 6.62. The molecule has 0 saturated heterocycles. The molecule has 2 atom stereocenters. The van der Waals surface area contributed by atoms with Crippen molar-refractivity contribution in [3.63, 3.8) is 0 Å². The number of nitrogens with two attached hydrogens (primary N) is 1. The van der Waals surface area contributed by atoms with Crippen molar-refractivity contribution in [1.29, 1.82) is 0 Å². The van der Waals surface area contributed by atoms with Gasteiger partial charge in [-0.25, -0.2) is 0 Å². The van der Waals surface area contributed by atoms with Crippen LogP contribution in [0.3, 0.4) is 0 Å². The van der Waals surface area contributed by atoms with Crippen LogP contribution in [0.1, 0.15) is 129 Å². The van der Waals surface area contributed by atoms with Gasteiger partial charge in [0.25, 0.3) is 0 Å². The fraction of sp³-hybridized carbons (Fsp3) is 0.920. The van der Waals surface area contributed by atoms with Crippen LogP contribution in [0.2, 0.25) is 0 Å². The highest BCUT2D eigenvalue weighted by Gasteiger charge is 2.18. The minimum Gasteiger partial charge on any atom is -0.481 e. The van der Waals surface area contributed by atoms with Gasteiger partial charge in [-0.1, -0.05) is 104 Å². The molecule has 0 aliphatic heterocycles. The standard InChI is InChI=1S/C25H49NO4/c1-3-5-7-9-11-12-14-16-18-22(17-15-13-10-8-6-4-2)21-30-25(29)23(26)19-20-24(27)28/h22-23H,3-21,26H2,1-2H3,(H,27,28). The molecule has 0 saturated carbocycles. The predicted molar refractivity (Wildman–Crippen MR) is 125 cm³/mol. The SMILES string of the molecule is CCCCCCCCCCC(CCCCCCCC)COC(=O)C(N)CCC(=O)O. The van der Waals surface area contributed by atoms with E-state index in [0.717, 1.165) is 12.8 Å². The Kier molecular flexibility index (Phi) is 20.4. The maximum absolute atomic E-state index is 12.1. The topological polar surface area (TPSA) is 89.6 Å². The van der Waals surface area contributed by atoms with Crippen molar-refractivity contribution < 1.29 is 19.4 Å². The van der Waals surface area contributed by atoms with Crippen LogP contribution >= 0.6 is 0 Å². The van der Waals surface area contributed by atoms with Gasteiger partial charge >= 0.3 is 11.9 Å². The molecule has 0 bridgehead atoms. The lowest BCUT2D eigenvalue weighted by Gasteiger charge is -2.18. The second-order valence-electron chi connectivity index (χ2n) is 8.85. The molecule has 0 aromatic carbocycles. The number of carboxylic acids is 1. The Morgan fingerprint density at radius 3 is 1.60 bits per heavy atom. The summed E-state index contributed by atoms with van der Waals surface area (Å²) in [6.45, 7) is 4.90. The van der Waals surface area contributed by atoms with Gasteiger partial charge < -0.3 is 15.6 Å². The van der Waals surface area contributed by atoms with Crippen molar-refractivity contribution in [3.05, 3.63) is 0 Å². The highest BCUT2D eigenvalue weighted by Crippen LogP contribution is 2.20. The van der Waals surface area contributed by atoms with Gasteiger partial charge in [-0.15, -0.1) is 0 Å². The second-order valence-corrected chi connectivity index (χ2v) is 8.85. The van der Waals surface area contributed by atoms with Crippen molar-refractivity contribution >= 4 is 11.9 Å². The van der Waals surface area contributed by atoms with Crippen LogP contribution in [0.25, 0.3) is 0 Å². The molecule has 0 heterocycles. The summed E-state index contributed by atoms with van der Waals surface area (Å²) in [5, 5.41) is 8.73. The quantitative estimate of drug-likeness (QED) is 0.150. The molecule has 0 aromatic rings. The molecule has 0 spiro atoms. The molecule has 5 nitrogen and oxygen atoms in total. The van der Waals surface area contributed by atoms with Crippen molar-refractivity contribution in [1.82, 2.24) is 0 Å². The Labute approximate surface area is 185 Å². The number of carbonyl (C=O) groups excluding carboxylic acids is 1. The van der Waals surface area contributed by atoms with Gasteiger partial charge in [0.1, 0.15) is 6.04 Å². The zero-order valence-corrected chi connectivity index (χ0v) is 19.8. The van der Waals surface area contributed by atoms with E-state index in [2.05, 4.69) is 13.8 Å². The van der Waals surface area contributed by atoms with Gasteiger partial charge in [0.05, 0.1) is 6.61 Å². The average molecular weight is 428 g/mol. The molecular weight excluding hydrogens is 378 g/mol. The van der Waals surface area contributed by atoms with E-state index in [0.29, 0.717) is 12.5 Å². The Morgan fingerprint density at radius 2 is 1.17 bits per heavy atom. The first-order valence-electron chi connectivity index (χ1n) is 12.6. The van der Waals surface area contributed by atoms with Crippen LogP contribution < -0.4 is 5.73 Å². The minimum absolute atomic E-state index is 0.101. The summed E-state index contributed by atoms with van der Waals surface area (Å²) in [6.07, 6.45) is 20.3. The molecule has 30 heavy (non-hydrogen) atoms. The Bertz CT molecular complexity index is 414. The van der Waals surface area contributed by atoms with Crippen LogP contribution in [0, 0.1) is 5.92 Å². The number of esters is 1. The third-order valence-electron chi connectivity index (χ3n) is 5.87. The number of carboxylic acid groups (broad SMARTS) is 1. The smallest absolute Gasteiger partial charge is 0.322 e. The summed E-state index contributed by atoms with van der Waals surface area (Å²) >= 11 is 0. The lowest BCUT2D eigenvalue weighted by atomic mass is 9.94. The lowest BCUT2D eigenvalue weighted by molar-refractivity contribution is -0.147. The van der Waals surface area contributed by atoms with E-state index < -0.39 is 18.0 Å². The third-order valence-corrected chi connectivity index (χ3v) is 5.87. The molecule has 0 aromatic heterocycles. The highest BCUT2D eigenvalue weighted by molar-refractivity contribution is 5.76. The van der Waals surface area contributed by atoms with Crippen molar-refractivity contribution in [2.45, 2.75) is 135 Å². The first kappa shape index (κ1) is 28.9. The number of unbranched alkanes of at least 4 members (excludes halogenated alkanes) is 12. The molecule has 5 heteroatoms. The summed E-state index contributed by atoms with van der Waals surface area (Å²) in [5.74, 6) is -0.999. The van der Waals surface area contributed by atoms with Gasteiger partial charge in [-0.2, -0.15) is 0 Å². The first-order valence-corrected chi connectivity index (χ1v) is 12.6. The van der Waals surface area contributed by atoms with Crippen molar-refractivity contribution in [2.75, 3.05) is 6.61 Å². The molecule has 0 aliphatic rings. The van der Waals surface area contributed by atoms with Crippen LogP contribution in [-0.2, 0) is 14.3 Å². The molecule has 3 N–H and O–H groups in total. The number of ether oxygens (including phenoxy) is 1. The van der Waals surface area contributed by atoms with E-state index in [9.17, 15) is 9.59 Å².